The van der Waals surface area contributed by atoms with Crippen molar-refractivity contribution in [1.82, 2.24) is 14.5 Å². The smallest absolute Gasteiger partial charge is 0.332 e. The summed E-state index contributed by atoms with van der Waals surface area (Å²) in [6.07, 6.45) is 1.71. The normalized spacial score (nSPS) is 22.7. The third kappa shape index (κ3) is 2.28. The summed E-state index contributed by atoms with van der Waals surface area (Å²) in [5.74, 6) is -0.808. The molecule has 130 valence electrons. The van der Waals surface area contributed by atoms with Crippen LogP contribution in [0.3, 0.4) is 0 Å². The van der Waals surface area contributed by atoms with Gasteiger partial charge in [-0.3, -0.25) is 14.2 Å². The maximum atomic E-state index is 12.8. The van der Waals surface area contributed by atoms with Gasteiger partial charge in [0.25, 0.3) is 5.56 Å². The van der Waals surface area contributed by atoms with Crippen molar-refractivity contribution >= 4 is 22.8 Å². The molecule has 8 heteroatoms. The number of ether oxygens (including phenoxy) is 1. The number of rotatable bonds is 2. The van der Waals surface area contributed by atoms with E-state index in [-0.39, 0.29) is 0 Å². The third-order valence-electron chi connectivity index (χ3n) is 5.10. The van der Waals surface area contributed by atoms with E-state index in [9.17, 15) is 19.2 Å². The lowest BCUT2D eigenvalue weighted by Crippen LogP contribution is -2.53. The zero-order valence-corrected chi connectivity index (χ0v) is 13.5. The highest BCUT2D eigenvalue weighted by Gasteiger charge is 2.53. The number of benzene rings is 1. The SMILES string of the molecule is O=C(Cn1c(=O)[nH]c2ccccc2c1=O)N1CCCC12CCOC2=O. The van der Waals surface area contributed by atoms with Gasteiger partial charge in [-0.15, -0.1) is 0 Å². The van der Waals surface area contributed by atoms with Crippen LogP contribution in [0.1, 0.15) is 19.3 Å². The number of H-pyrrole nitrogens is 1. The van der Waals surface area contributed by atoms with Gasteiger partial charge in [0.2, 0.25) is 5.91 Å². The molecule has 2 aliphatic heterocycles. The highest BCUT2D eigenvalue weighted by molar-refractivity contribution is 5.90. The molecule has 1 spiro atoms. The average molecular weight is 343 g/mol. The molecule has 2 saturated heterocycles. The number of fused-ring (bicyclic) bond motifs is 1. The molecule has 0 radical (unpaired) electrons. The number of aromatic amines is 1. The van der Waals surface area contributed by atoms with Gasteiger partial charge in [-0.25, -0.2) is 9.59 Å². The Morgan fingerprint density at radius 2 is 2.00 bits per heavy atom. The predicted molar refractivity (Wildman–Crippen MR) is 88.1 cm³/mol. The molecule has 1 aromatic carbocycles. The quantitative estimate of drug-likeness (QED) is 0.773. The van der Waals surface area contributed by atoms with E-state index < -0.39 is 35.2 Å². The van der Waals surface area contributed by atoms with Crippen LogP contribution in [-0.2, 0) is 20.9 Å². The second-order valence-corrected chi connectivity index (χ2v) is 6.43. The Hall–Kier alpha value is -2.90. The van der Waals surface area contributed by atoms with Crippen molar-refractivity contribution in [2.75, 3.05) is 13.2 Å². The summed E-state index contributed by atoms with van der Waals surface area (Å²) in [6, 6.07) is 6.64. The van der Waals surface area contributed by atoms with Gasteiger partial charge in [-0.2, -0.15) is 0 Å². The van der Waals surface area contributed by atoms with Crippen LogP contribution in [0.15, 0.2) is 33.9 Å². The summed E-state index contributed by atoms with van der Waals surface area (Å²) >= 11 is 0. The first kappa shape index (κ1) is 15.6. The second kappa shape index (κ2) is 5.58. The lowest BCUT2D eigenvalue weighted by atomic mass is 9.94. The Labute approximate surface area is 142 Å². The van der Waals surface area contributed by atoms with E-state index in [1.54, 1.807) is 24.3 Å². The Morgan fingerprint density at radius 1 is 1.20 bits per heavy atom. The Morgan fingerprint density at radius 3 is 2.76 bits per heavy atom. The minimum atomic E-state index is -0.926. The molecule has 4 rings (SSSR count). The molecule has 25 heavy (non-hydrogen) atoms. The highest BCUT2D eigenvalue weighted by Crippen LogP contribution is 2.37. The van der Waals surface area contributed by atoms with Crippen molar-refractivity contribution in [3.63, 3.8) is 0 Å². The number of aromatic nitrogens is 2. The highest BCUT2D eigenvalue weighted by atomic mass is 16.5. The standard InChI is InChI=1S/C17H17N3O5/c21-13(20-8-3-6-17(20)7-9-25-15(17)23)10-19-14(22)11-4-1-2-5-12(11)18-16(19)24/h1-2,4-5H,3,6-10H2,(H,18,24). The van der Waals surface area contributed by atoms with E-state index in [1.165, 1.54) is 4.90 Å². The number of hydrogen-bond acceptors (Lipinski definition) is 5. The van der Waals surface area contributed by atoms with Crippen molar-refractivity contribution in [2.45, 2.75) is 31.3 Å². The van der Waals surface area contributed by atoms with Gasteiger partial charge >= 0.3 is 11.7 Å². The molecule has 3 heterocycles. The summed E-state index contributed by atoms with van der Waals surface area (Å²) in [4.78, 5) is 53.8. The van der Waals surface area contributed by atoms with Crippen LogP contribution in [0, 0.1) is 0 Å². The molecule has 1 amide bonds. The number of esters is 1. The van der Waals surface area contributed by atoms with Crippen LogP contribution in [0.25, 0.3) is 10.9 Å². The number of likely N-dealkylation sites (tertiary alicyclic amines) is 1. The van der Waals surface area contributed by atoms with Crippen LogP contribution in [-0.4, -0.2) is 45.0 Å². The van der Waals surface area contributed by atoms with Crippen molar-refractivity contribution in [2.24, 2.45) is 0 Å². The molecule has 1 N–H and O–H groups in total. The fourth-order valence-corrected chi connectivity index (χ4v) is 3.83. The van der Waals surface area contributed by atoms with E-state index >= 15 is 0 Å². The fraction of sp³-hybridized carbons (Fsp3) is 0.412. The van der Waals surface area contributed by atoms with Gasteiger partial charge < -0.3 is 14.6 Å². The molecule has 0 bridgehead atoms. The molecule has 2 aliphatic rings. The molecule has 2 aromatic rings. The van der Waals surface area contributed by atoms with Crippen LogP contribution >= 0.6 is 0 Å². The van der Waals surface area contributed by atoms with Gasteiger partial charge in [0.1, 0.15) is 12.1 Å². The summed E-state index contributed by atoms with van der Waals surface area (Å²) < 4.78 is 5.94. The van der Waals surface area contributed by atoms with Crippen LogP contribution in [0.2, 0.25) is 0 Å². The van der Waals surface area contributed by atoms with Crippen molar-refractivity contribution in [1.29, 1.82) is 0 Å². The first-order valence-electron chi connectivity index (χ1n) is 8.22. The maximum absolute atomic E-state index is 12.8. The molecule has 2 fully saturated rings. The van der Waals surface area contributed by atoms with E-state index in [0.29, 0.717) is 43.3 Å². The van der Waals surface area contributed by atoms with Gasteiger partial charge in [0.05, 0.1) is 17.5 Å². The maximum Gasteiger partial charge on any atom is 0.332 e. The zero-order valence-electron chi connectivity index (χ0n) is 13.5. The number of hydrogen-bond donors (Lipinski definition) is 1. The van der Waals surface area contributed by atoms with E-state index in [1.807, 2.05) is 0 Å². The first-order chi connectivity index (χ1) is 12.0. The van der Waals surface area contributed by atoms with E-state index in [0.717, 1.165) is 4.57 Å². The topological polar surface area (TPSA) is 101 Å². The Kier molecular flexibility index (Phi) is 3.48. The number of nitrogens with zero attached hydrogens (tertiary/aromatic N) is 2. The molecule has 1 atom stereocenters. The summed E-state index contributed by atoms with van der Waals surface area (Å²) in [5.41, 5.74) is -1.66. The fourth-order valence-electron chi connectivity index (χ4n) is 3.83. The molecule has 1 aromatic heterocycles. The number of carbonyl (C=O) groups excluding carboxylic acids is 2. The number of para-hydroxylation sites is 1. The van der Waals surface area contributed by atoms with E-state index in [2.05, 4.69) is 4.98 Å². The average Bonchev–Trinajstić information content (AvgIpc) is 3.19. The molecular formula is C17H17N3O5. The number of nitrogens with one attached hydrogen (secondary N) is 1. The minimum Gasteiger partial charge on any atom is -0.464 e. The molecule has 1 unspecified atom stereocenters. The zero-order chi connectivity index (χ0) is 17.6. The second-order valence-electron chi connectivity index (χ2n) is 6.43. The first-order valence-corrected chi connectivity index (χ1v) is 8.22. The molecule has 0 saturated carbocycles. The lowest BCUT2D eigenvalue weighted by Gasteiger charge is -2.31. The van der Waals surface area contributed by atoms with Gasteiger partial charge in [-0.1, -0.05) is 12.1 Å². The lowest BCUT2D eigenvalue weighted by molar-refractivity contribution is -0.153. The van der Waals surface area contributed by atoms with Crippen LogP contribution < -0.4 is 11.2 Å². The summed E-state index contributed by atoms with van der Waals surface area (Å²) in [7, 11) is 0. The predicted octanol–water partition coefficient (Wildman–Crippen LogP) is -0.00210. The van der Waals surface area contributed by atoms with Gasteiger partial charge in [0.15, 0.2) is 0 Å². The number of amides is 1. The van der Waals surface area contributed by atoms with Crippen molar-refractivity contribution < 1.29 is 14.3 Å². The molecular weight excluding hydrogens is 326 g/mol. The third-order valence-corrected chi connectivity index (χ3v) is 5.10. The summed E-state index contributed by atoms with van der Waals surface area (Å²) in [6.45, 7) is 0.321. The minimum absolute atomic E-state index is 0.291. The number of carbonyl (C=O) groups is 2. The molecule has 0 aliphatic carbocycles. The largest absolute Gasteiger partial charge is 0.464 e. The summed E-state index contributed by atoms with van der Waals surface area (Å²) in [5, 5.41) is 0.339. The molecule has 8 nitrogen and oxygen atoms in total. The van der Waals surface area contributed by atoms with Crippen LogP contribution in [0.4, 0.5) is 0 Å². The monoisotopic (exact) mass is 343 g/mol. The van der Waals surface area contributed by atoms with Crippen molar-refractivity contribution in [3.05, 3.63) is 45.1 Å². The van der Waals surface area contributed by atoms with Gasteiger partial charge in [0, 0.05) is 13.0 Å². The van der Waals surface area contributed by atoms with Crippen LogP contribution in [0.5, 0.6) is 0 Å². The number of cyclic esters (lactones) is 1. The van der Waals surface area contributed by atoms with Gasteiger partial charge in [-0.05, 0) is 25.0 Å². The van der Waals surface area contributed by atoms with Crippen molar-refractivity contribution in [3.8, 4) is 0 Å². The Bertz CT molecular complexity index is 988. The van der Waals surface area contributed by atoms with E-state index in [4.69, 9.17) is 4.74 Å². The Balaban J connectivity index is 1.70.